The van der Waals surface area contributed by atoms with Crippen molar-refractivity contribution in [1.82, 2.24) is 0 Å². The van der Waals surface area contributed by atoms with Gasteiger partial charge in [0, 0.05) is 28.7 Å². The predicted octanol–water partition coefficient (Wildman–Crippen LogP) is 4.57. The van der Waals surface area contributed by atoms with Crippen LogP contribution >= 0.6 is 23.3 Å². The molecule has 8 nitrogen and oxygen atoms in total. The van der Waals surface area contributed by atoms with Gasteiger partial charge in [-0.05, 0) is 36.4 Å². The summed E-state index contributed by atoms with van der Waals surface area (Å²) in [6.45, 7) is 0. The minimum Gasteiger partial charge on any atom is -0.437 e. The summed E-state index contributed by atoms with van der Waals surface area (Å²) in [5.41, 5.74) is -0.523. The molecular formula is C18H12BrN2O6P. The fourth-order valence-electron chi connectivity index (χ4n) is 2.48. The lowest BCUT2D eigenvalue weighted by Crippen LogP contribution is -2.21. The molecule has 0 spiro atoms. The van der Waals surface area contributed by atoms with Crippen molar-refractivity contribution in [3.05, 3.63) is 97.5 Å². The Labute approximate surface area is 167 Å². The summed E-state index contributed by atoms with van der Waals surface area (Å²) < 4.78 is 20.5. The van der Waals surface area contributed by atoms with Gasteiger partial charge in [0.15, 0.2) is 0 Å². The highest BCUT2D eigenvalue weighted by Crippen LogP contribution is 2.46. The minimum atomic E-state index is -3.92. The highest BCUT2D eigenvalue weighted by molar-refractivity contribution is 9.10. The maximum absolute atomic E-state index is 13.9. The molecule has 0 aliphatic carbocycles. The number of halogens is 1. The average Bonchev–Trinajstić information content (AvgIpc) is 2.70. The van der Waals surface area contributed by atoms with Crippen LogP contribution in [0.15, 0.2) is 77.3 Å². The van der Waals surface area contributed by atoms with Crippen molar-refractivity contribution in [3.8, 4) is 5.75 Å². The average molecular weight is 463 g/mol. The molecule has 3 aromatic rings. The third-order valence-electron chi connectivity index (χ3n) is 3.81. The number of hydrogen-bond acceptors (Lipinski definition) is 6. The van der Waals surface area contributed by atoms with Crippen molar-refractivity contribution in [2.24, 2.45) is 0 Å². The van der Waals surface area contributed by atoms with Crippen molar-refractivity contribution in [1.29, 1.82) is 0 Å². The molecule has 28 heavy (non-hydrogen) atoms. The van der Waals surface area contributed by atoms with Gasteiger partial charge < -0.3 is 4.52 Å². The topological polar surface area (TPSA) is 113 Å². The summed E-state index contributed by atoms with van der Waals surface area (Å²) in [6.07, 6.45) is 0. The largest absolute Gasteiger partial charge is 0.437 e. The summed E-state index contributed by atoms with van der Waals surface area (Å²) in [4.78, 5) is 21.1. The highest BCUT2D eigenvalue weighted by atomic mass is 79.9. The minimum absolute atomic E-state index is 0.0603. The summed E-state index contributed by atoms with van der Waals surface area (Å²) in [6, 6.07) is 17.0. The Bertz CT molecular complexity index is 1040. The Morgan fingerprint density at radius 3 is 1.68 bits per heavy atom. The molecule has 0 aromatic heterocycles. The van der Waals surface area contributed by atoms with Gasteiger partial charge in [0.1, 0.15) is 5.75 Å². The van der Waals surface area contributed by atoms with Crippen LogP contribution in [0.3, 0.4) is 0 Å². The van der Waals surface area contributed by atoms with Crippen LogP contribution in [0, 0.1) is 20.2 Å². The monoisotopic (exact) mass is 462 g/mol. The van der Waals surface area contributed by atoms with E-state index >= 15 is 0 Å². The molecule has 3 rings (SSSR count). The van der Waals surface area contributed by atoms with Gasteiger partial charge in [0.25, 0.3) is 11.4 Å². The quantitative estimate of drug-likeness (QED) is 0.301. The van der Waals surface area contributed by atoms with E-state index in [1.54, 1.807) is 24.3 Å². The summed E-state index contributed by atoms with van der Waals surface area (Å²) >= 11 is 3.29. The van der Waals surface area contributed by atoms with E-state index in [0.29, 0.717) is 0 Å². The van der Waals surface area contributed by atoms with Crippen LogP contribution in [-0.4, -0.2) is 9.85 Å². The zero-order chi connectivity index (χ0) is 20.3. The molecule has 0 aliphatic heterocycles. The Balaban J connectivity index is 2.18. The van der Waals surface area contributed by atoms with Crippen molar-refractivity contribution in [2.75, 3.05) is 0 Å². The van der Waals surface area contributed by atoms with Gasteiger partial charge in [-0.2, -0.15) is 0 Å². The third kappa shape index (κ3) is 4.11. The molecule has 0 radical (unpaired) electrons. The summed E-state index contributed by atoms with van der Waals surface area (Å²) in [7, 11) is -3.92. The second kappa shape index (κ2) is 7.92. The number of nitrogens with zero attached hydrogens (tertiary/aromatic N) is 2. The van der Waals surface area contributed by atoms with Crippen molar-refractivity contribution in [2.45, 2.75) is 0 Å². The lowest BCUT2D eigenvalue weighted by Gasteiger charge is -2.20. The number of rotatable bonds is 6. The molecule has 0 amide bonds. The van der Waals surface area contributed by atoms with Crippen LogP contribution in [0.1, 0.15) is 0 Å². The molecule has 3 aromatic carbocycles. The number of non-ortho nitro benzene ring substituents is 2. The molecule has 10 heteroatoms. The fraction of sp³-hybridized carbons (Fsp3) is 0. The van der Waals surface area contributed by atoms with E-state index in [0.717, 1.165) is 16.6 Å². The molecule has 0 atom stereocenters. The van der Waals surface area contributed by atoms with Gasteiger partial charge in [-0.15, -0.1) is 0 Å². The van der Waals surface area contributed by atoms with Crippen molar-refractivity contribution in [3.63, 3.8) is 0 Å². The van der Waals surface area contributed by atoms with Crippen LogP contribution in [-0.2, 0) is 4.57 Å². The second-order valence-corrected chi connectivity index (χ2v) is 8.88. The molecule has 0 N–H and O–H groups in total. The maximum Gasteiger partial charge on any atom is 0.307 e. The molecule has 0 heterocycles. The molecule has 0 unspecified atom stereocenters. The van der Waals surface area contributed by atoms with Crippen LogP contribution in [0.25, 0.3) is 0 Å². The highest BCUT2D eigenvalue weighted by Gasteiger charge is 2.33. The Morgan fingerprint density at radius 2 is 1.25 bits per heavy atom. The number of hydrogen-bond donors (Lipinski definition) is 0. The van der Waals surface area contributed by atoms with E-state index in [1.165, 1.54) is 36.4 Å². The van der Waals surface area contributed by atoms with E-state index in [1.807, 2.05) is 0 Å². The normalized spacial score (nSPS) is 11.0. The van der Waals surface area contributed by atoms with Crippen molar-refractivity contribution < 1.29 is 18.9 Å². The maximum atomic E-state index is 13.9. The molecule has 0 bridgehead atoms. The SMILES string of the molecule is O=[N+]([O-])c1cccc(P(=O)(Oc2ccc(Br)cc2)c2cccc([N+](=O)[O-])c2)c1. The van der Waals surface area contributed by atoms with Gasteiger partial charge >= 0.3 is 7.37 Å². The molecule has 0 fully saturated rings. The molecule has 142 valence electrons. The first-order valence-corrected chi connectivity index (χ1v) is 10.3. The number of benzene rings is 3. The van der Waals surface area contributed by atoms with E-state index in [9.17, 15) is 24.8 Å². The lowest BCUT2D eigenvalue weighted by molar-refractivity contribution is -0.384. The van der Waals surface area contributed by atoms with E-state index in [4.69, 9.17) is 4.52 Å². The van der Waals surface area contributed by atoms with E-state index in [-0.39, 0.29) is 27.7 Å². The first-order valence-electron chi connectivity index (χ1n) is 7.85. The molecule has 0 saturated heterocycles. The standard InChI is InChI=1S/C18H12BrN2O6P/c19-13-7-9-16(10-8-13)27-28(26,17-5-1-3-14(11-17)20(22)23)18-6-2-4-15(12-18)21(24)25/h1-12H. The first kappa shape index (κ1) is 19.7. The van der Waals surface area contributed by atoms with E-state index < -0.39 is 17.2 Å². The number of nitro benzene ring substituents is 2. The Hall–Kier alpha value is -3.03. The van der Waals surface area contributed by atoms with Crippen LogP contribution in [0.4, 0.5) is 11.4 Å². The van der Waals surface area contributed by atoms with Crippen LogP contribution in [0.2, 0.25) is 0 Å². The second-order valence-electron chi connectivity index (χ2n) is 5.65. The number of nitro groups is 2. The molecule has 0 aliphatic rings. The van der Waals surface area contributed by atoms with Gasteiger partial charge in [0.2, 0.25) is 0 Å². The van der Waals surface area contributed by atoms with Gasteiger partial charge in [-0.3, -0.25) is 24.8 Å². The van der Waals surface area contributed by atoms with Crippen molar-refractivity contribution >= 4 is 45.3 Å². The predicted molar refractivity (Wildman–Crippen MR) is 108 cm³/mol. The fourth-order valence-corrected chi connectivity index (χ4v) is 4.84. The van der Waals surface area contributed by atoms with E-state index in [2.05, 4.69) is 15.9 Å². The zero-order valence-corrected chi connectivity index (χ0v) is 16.6. The Morgan fingerprint density at radius 1 is 0.786 bits per heavy atom. The molecule has 0 saturated carbocycles. The van der Waals surface area contributed by atoms with Gasteiger partial charge in [0.05, 0.1) is 20.5 Å². The summed E-state index contributed by atoms with van der Waals surface area (Å²) in [5, 5.41) is 22.4. The molecular weight excluding hydrogens is 451 g/mol. The zero-order valence-electron chi connectivity index (χ0n) is 14.1. The first-order chi connectivity index (χ1) is 13.3. The lowest BCUT2D eigenvalue weighted by atomic mass is 10.3. The smallest absolute Gasteiger partial charge is 0.307 e. The van der Waals surface area contributed by atoms with Gasteiger partial charge in [-0.1, -0.05) is 28.1 Å². The summed E-state index contributed by atoms with van der Waals surface area (Å²) in [5.74, 6) is 0.254. The van der Waals surface area contributed by atoms with Gasteiger partial charge in [-0.25, -0.2) is 0 Å². The Kier molecular flexibility index (Phi) is 5.58. The third-order valence-corrected chi connectivity index (χ3v) is 6.72. The van der Waals surface area contributed by atoms with Crippen LogP contribution in [0.5, 0.6) is 5.75 Å². The van der Waals surface area contributed by atoms with Crippen LogP contribution < -0.4 is 15.1 Å².